The Balaban J connectivity index is 2.12. The van der Waals surface area contributed by atoms with Crippen molar-refractivity contribution in [1.29, 1.82) is 0 Å². The number of carboxylic acid groups (broad SMARTS) is 1. The number of nitrogens with one attached hydrogen (secondary N) is 1. The number of H-pyrrole nitrogens is 1. The molecule has 0 amide bonds. The molecule has 116 valence electrons. The first-order valence-electron chi connectivity index (χ1n) is 7.51. The summed E-state index contributed by atoms with van der Waals surface area (Å²) in [7, 11) is 0. The molecule has 0 bridgehead atoms. The van der Waals surface area contributed by atoms with E-state index in [9.17, 15) is 14.7 Å². The van der Waals surface area contributed by atoms with Crippen LogP contribution in [0.15, 0.2) is 71.7 Å². The highest BCUT2D eigenvalue weighted by atomic mass is 16.4. The van der Waals surface area contributed by atoms with Crippen LogP contribution < -0.4 is 5.56 Å². The molecule has 24 heavy (non-hydrogen) atoms. The fourth-order valence-corrected chi connectivity index (χ4v) is 3.06. The van der Waals surface area contributed by atoms with Crippen LogP contribution in [0.25, 0.3) is 32.7 Å². The van der Waals surface area contributed by atoms with Crippen molar-refractivity contribution in [3.8, 4) is 11.1 Å². The van der Waals surface area contributed by atoms with Crippen LogP contribution >= 0.6 is 0 Å². The van der Waals surface area contributed by atoms with E-state index in [1.165, 1.54) is 6.07 Å². The van der Waals surface area contributed by atoms with Gasteiger partial charge < -0.3 is 10.1 Å². The number of rotatable bonds is 2. The number of benzene rings is 3. The van der Waals surface area contributed by atoms with Gasteiger partial charge in [0.1, 0.15) is 0 Å². The molecule has 0 spiro atoms. The van der Waals surface area contributed by atoms with Crippen molar-refractivity contribution in [2.75, 3.05) is 0 Å². The summed E-state index contributed by atoms with van der Waals surface area (Å²) in [5, 5.41) is 12.4. The van der Waals surface area contributed by atoms with Gasteiger partial charge in [0.15, 0.2) is 0 Å². The number of hydrogen-bond donors (Lipinski definition) is 2. The van der Waals surface area contributed by atoms with Crippen molar-refractivity contribution in [1.82, 2.24) is 4.98 Å². The third-order valence-electron chi connectivity index (χ3n) is 4.19. The largest absolute Gasteiger partial charge is 0.478 e. The van der Waals surface area contributed by atoms with E-state index in [4.69, 9.17) is 0 Å². The normalized spacial score (nSPS) is 11.0. The third kappa shape index (κ3) is 2.25. The second-order valence-electron chi connectivity index (χ2n) is 5.66. The summed E-state index contributed by atoms with van der Waals surface area (Å²) < 4.78 is 0. The van der Waals surface area contributed by atoms with Crippen LogP contribution in [0.4, 0.5) is 0 Å². The standard InChI is InChI=1S/C20H13NO3/c22-19-10-14-9-17(20(23)24)15-7-6-13(12-4-2-1-3-5-12)8-16(15)18(14)11-21-19/h1-11H,(H,21,22)(H,23,24). The first-order chi connectivity index (χ1) is 11.6. The molecular formula is C20H13NO3. The maximum absolute atomic E-state index is 11.6. The number of aromatic amines is 1. The Bertz CT molecular complexity index is 1140. The lowest BCUT2D eigenvalue weighted by Gasteiger charge is -2.10. The number of pyridine rings is 1. The smallest absolute Gasteiger partial charge is 0.336 e. The average Bonchev–Trinajstić information content (AvgIpc) is 2.60. The number of aromatic nitrogens is 1. The summed E-state index contributed by atoms with van der Waals surface area (Å²) in [6, 6.07) is 18.6. The van der Waals surface area contributed by atoms with E-state index in [1.54, 1.807) is 12.3 Å². The highest BCUT2D eigenvalue weighted by Crippen LogP contribution is 2.31. The monoisotopic (exact) mass is 315 g/mol. The summed E-state index contributed by atoms with van der Waals surface area (Å²) >= 11 is 0. The number of hydrogen-bond acceptors (Lipinski definition) is 2. The van der Waals surface area contributed by atoms with Gasteiger partial charge in [-0.3, -0.25) is 4.79 Å². The van der Waals surface area contributed by atoms with Gasteiger partial charge in [0.25, 0.3) is 0 Å². The lowest BCUT2D eigenvalue weighted by molar-refractivity contribution is 0.0699. The van der Waals surface area contributed by atoms with Crippen LogP contribution in [0, 0.1) is 0 Å². The molecule has 4 rings (SSSR count). The van der Waals surface area contributed by atoms with Crippen LogP contribution in [0.1, 0.15) is 10.4 Å². The van der Waals surface area contributed by atoms with Gasteiger partial charge in [-0.15, -0.1) is 0 Å². The Hall–Kier alpha value is -3.40. The number of carboxylic acids is 1. The van der Waals surface area contributed by atoms with Crippen LogP contribution in [0.3, 0.4) is 0 Å². The quantitative estimate of drug-likeness (QED) is 0.548. The summed E-state index contributed by atoms with van der Waals surface area (Å²) in [5.74, 6) is -1.00. The molecule has 0 aliphatic carbocycles. The fourth-order valence-electron chi connectivity index (χ4n) is 3.06. The lowest BCUT2D eigenvalue weighted by Crippen LogP contribution is -2.04. The number of aromatic carboxylic acids is 1. The first-order valence-corrected chi connectivity index (χ1v) is 7.51. The molecule has 0 radical (unpaired) electrons. The minimum absolute atomic E-state index is 0.197. The van der Waals surface area contributed by atoms with Gasteiger partial charge in [-0.2, -0.15) is 0 Å². The summed E-state index contributed by atoms with van der Waals surface area (Å²) in [6.07, 6.45) is 1.64. The molecule has 0 atom stereocenters. The molecule has 1 aromatic heterocycles. The predicted octanol–water partition coefficient (Wildman–Crippen LogP) is 4.05. The van der Waals surface area contributed by atoms with Crippen LogP contribution in [0.5, 0.6) is 0 Å². The van der Waals surface area contributed by atoms with Crippen molar-refractivity contribution in [2.45, 2.75) is 0 Å². The van der Waals surface area contributed by atoms with Crippen molar-refractivity contribution < 1.29 is 9.90 Å². The Morgan fingerprint density at radius 2 is 1.62 bits per heavy atom. The third-order valence-corrected chi connectivity index (χ3v) is 4.19. The van der Waals surface area contributed by atoms with Crippen LogP contribution in [-0.2, 0) is 0 Å². The highest BCUT2D eigenvalue weighted by Gasteiger charge is 2.13. The minimum atomic E-state index is -1.00. The van der Waals surface area contributed by atoms with Gasteiger partial charge >= 0.3 is 5.97 Å². The molecular weight excluding hydrogens is 302 g/mol. The maximum atomic E-state index is 11.6. The molecule has 2 N–H and O–H groups in total. The molecule has 4 nitrogen and oxygen atoms in total. The Morgan fingerprint density at radius 1 is 0.833 bits per heavy atom. The average molecular weight is 315 g/mol. The van der Waals surface area contributed by atoms with Crippen molar-refractivity contribution in [3.63, 3.8) is 0 Å². The summed E-state index contributed by atoms with van der Waals surface area (Å²) in [4.78, 5) is 25.9. The molecule has 0 unspecified atom stereocenters. The van der Waals surface area contributed by atoms with E-state index in [1.807, 2.05) is 48.5 Å². The summed E-state index contributed by atoms with van der Waals surface area (Å²) in [6.45, 7) is 0. The molecule has 0 aliphatic heterocycles. The number of carbonyl (C=O) groups is 1. The molecule has 0 saturated heterocycles. The minimum Gasteiger partial charge on any atom is -0.478 e. The van der Waals surface area contributed by atoms with E-state index in [0.29, 0.717) is 10.8 Å². The molecule has 4 aromatic rings. The second kappa shape index (κ2) is 5.35. The zero-order chi connectivity index (χ0) is 16.7. The maximum Gasteiger partial charge on any atom is 0.336 e. The van der Waals surface area contributed by atoms with E-state index < -0.39 is 5.97 Å². The van der Waals surface area contributed by atoms with E-state index in [-0.39, 0.29) is 11.1 Å². The summed E-state index contributed by atoms with van der Waals surface area (Å²) in [5.41, 5.74) is 2.00. The van der Waals surface area contributed by atoms with E-state index in [0.717, 1.165) is 21.9 Å². The van der Waals surface area contributed by atoms with Gasteiger partial charge in [-0.1, -0.05) is 42.5 Å². The Labute approximate surface area is 137 Å². The van der Waals surface area contributed by atoms with E-state index >= 15 is 0 Å². The van der Waals surface area contributed by atoms with Gasteiger partial charge in [0.05, 0.1) is 5.56 Å². The zero-order valence-corrected chi connectivity index (χ0v) is 12.6. The van der Waals surface area contributed by atoms with Gasteiger partial charge in [-0.25, -0.2) is 4.79 Å². The van der Waals surface area contributed by atoms with Crippen molar-refractivity contribution in [2.24, 2.45) is 0 Å². The predicted molar refractivity (Wildman–Crippen MR) is 94.5 cm³/mol. The molecule has 1 heterocycles. The Kier molecular flexibility index (Phi) is 3.17. The Morgan fingerprint density at radius 3 is 2.38 bits per heavy atom. The van der Waals surface area contributed by atoms with Crippen LogP contribution in [-0.4, -0.2) is 16.1 Å². The first kappa shape index (κ1) is 14.2. The molecule has 0 saturated carbocycles. The van der Waals surface area contributed by atoms with Crippen molar-refractivity contribution >= 4 is 27.5 Å². The fraction of sp³-hybridized carbons (Fsp3) is 0. The topological polar surface area (TPSA) is 70.2 Å². The van der Waals surface area contributed by atoms with E-state index in [2.05, 4.69) is 4.98 Å². The van der Waals surface area contributed by atoms with Crippen molar-refractivity contribution in [3.05, 3.63) is 82.8 Å². The van der Waals surface area contributed by atoms with Crippen LogP contribution in [0.2, 0.25) is 0 Å². The molecule has 3 aromatic carbocycles. The lowest BCUT2D eigenvalue weighted by atomic mass is 9.95. The molecule has 4 heteroatoms. The molecule has 0 aliphatic rings. The number of fused-ring (bicyclic) bond motifs is 3. The van der Waals surface area contributed by atoms with Gasteiger partial charge in [0, 0.05) is 17.6 Å². The second-order valence-corrected chi connectivity index (χ2v) is 5.66. The molecule has 0 fully saturated rings. The highest BCUT2D eigenvalue weighted by molar-refractivity contribution is 6.16. The van der Waals surface area contributed by atoms with Gasteiger partial charge in [0.2, 0.25) is 5.56 Å². The zero-order valence-electron chi connectivity index (χ0n) is 12.6. The SMILES string of the molecule is O=C(O)c1cc2cc(=O)[nH]cc2c2cc(-c3ccccc3)ccc12. The van der Waals surface area contributed by atoms with Gasteiger partial charge in [-0.05, 0) is 39.4 Å².